The van der Waals surface area contributed by atoms with Gasteiger partial charge in [0, 0.05) is 21.2 Å². The number of aryl methyl sites for hydroxylation is 1. The van der Waals surface area contributed by atoms with Crippen molar-refractivity contribution in [2.24, 2.45) is 11.8 Å². The molecule has 6 nitrogen and oxygen atoms in total. The number of hydrogen-bond donors (Lipinski definition) is 0. The Kier molecular flexibility index (Phi) is 4.81. The Hall–Kier alpha value is -3.32. The summed E-state index contributed by atoms with van der Waals surface area (Å²) in [6, 6.07) is 17.9. The molecule has 3 atom stereocenters. The number of anilines is 1. The van der Waals surface area contributed by atoms with Crippen molar-refractivity contribution in [3.8, 4) is 0 Å². The molecule has 8 heteroatoms. The SMILES string of the molecule is Cc1ccc(Cl)cc1N1C(=O)[C@@H]2[C@@H](c3ccc(Cl)cc3)OC3(C(=O)c4ccccc4C3=O)[C@H]2C1=O. The van der Waals surface area contributed by atoms with Gasteiger partial charge in [0.15, 0.2) is 0 Å². The second-order valence-corrected chi connectivity index (χ2v) is 9.85. The van der Waals surface area contributed by atoms with E-state index in [-0.39, 0.29) is 11.1 Å². The van der Waals surface area contributed by atoms with Gasteiger partial charge in [-0.25, -0.2) is 4.90 Å². The predicted octanol–water partition coefficient (Wildman–Crippen LogP) is 5.00. The summed E-state index contributed by atoms with van der Waals surface area (Å²) in [6.45, 7) is 1.75. The summed E-state index contributed by atoms with van der Waals surface area (Å²) in [4.78, 5) is 56.4. The maximum Gasteiger partial charge on any atom is 0.241 e. The number of nitrogens with zero attached hydrogens (tertiary/aromatic N) is 1. The first-order valence-electron chi connectivity index (χ1n) is 11.0. The number of imide groups is 1. The number of carbonyl (C=O) groups is 4. The predicted molar refractivity (Wildman–Crippen MR) is 129 cm³/mol. The molecule has 1 aliphatic carbocycles. The van der Waals surface area contributed by atoms with Crippen molar-refractivity contribution < 1.29 is 23.9 Å². The first-order valence-corrected chi connectivity index (χ1v) is 11.8. The Morgan fingerprint density at radius 1 is 0.800 bits per heavy atom. The largest absolute Gasteiger partial charge is 0.349 e. The van der Waals surface area contributed by atoms with Gasteiger partial charge in [-0.2, -0.15) is 0 Å². The number of rotatable bonds is 2. The van der Waals surface area contributed by atoms with Gasteiger partial charge in [-0.1, -0.05) is 65.7 Å². The third-order valence-corrected chi connectivity index (χ3v) is 7.62. The van der Waals surface area contributed by atoms with Crippen molar-refractivity contribution in [1.29, 1.82) is 0 Å². The van der Waals surface area contributed by atoms with Crippen LogP contribution in [0.15, 0.2) is 66.7 Å². The maximum absolute atomic E-state index is 14.0. The topological polar surface area (TPSA) is 80.8 Å². The molecule has 0 bridgehead atoms. The van der Waals surface area contributed by atoms with Crippen LogP contribution >= 0.6 is 23.2 Å². The monoisotopic (exact) mass is 505 g/mol. The molecule has 174 valence electrons. The second-order valence-electron chi connectivity index (χ2n) is 8.98. The first kappa shape index (κ1) is 22.2. The van der Waals surface area contributed by atoms with Gasteiger partial charge in [0.1, 0.15) is 0 Å². The molecule has 3 aromatic rings. The van der Waals surface area contributed by atoms with Crippen molar-refractivity contribution >= 4 is 52.3 Å². The lowest BCUT2D eigenvalue weighted by Gasteiger charge is -2.27. The number of amides is 2. The molecule has 0 radical (unpaired) electrons. The molecule has 0 aromatic heterocycles. The van der Waals surface area contributed by atoms with Crippen molar-refractivity contribution in [3.63, 3.8) is 0 Å². The number of ether oxygens (including phenoxy) is 1. The molecule has 0 saturated carbocycles. The van der Waals surface area contributed by atoms with Crippen LogP contribution in [0.1, 0.15) is 37.9 Å². The number of hydrogen-bond acceptors (Lipinski definition) is 5. The standard InChI is InChI=1S/C27H17Cl2NO5/c1-13-6-9-16(29)12-19(13)30-25(33)20-21(26(30)34)27(35-22(20)14-7-10-15(28)11-8-14)23(31)17-4-2-3-5-18(17)24(27)32/h2-12,20-22H,1H3/t20-,21+,22+/m0/s1. The van der Waals surface area contributed by atoms with E-state index in [0.29, 0.717) is 26.9 Å². The fourth-order valence-electron chi connectivity index (χ4n) is 5.53. The summed E-state index contributed by atoms with van der Waals surface area (Å²) in [6.07, 6.45) is -1.000. The quantitative estimate of drug-likeness (QED) is 0.361. The van der Waals surface area contributed by atoms with E-state index in [2.05, 4.69) is 0 Å². The molecule has 0 unspecified atom stereocenters. The zero-order valence-corrected chi connectivity index (χ0v) is 19.8. The Morgan fingerprint density at radius 2 is 1.40 bits per heavy atom. The minimum absolute atomic E-state index is 0.186. The molecular weight excluding hydrogens is 489 g/mol. The van der Waals surface area contributed by atoms with E-state index in [1.807, 2.05) is 0 Å². The minimum atomic E-state index is -2.12. The van der Waals surface area contributed by atoms with E-state index >= 15 is 0 Å². The van der Waals surface area contributed by atoms with Gasteiger partial charge >= 0.3 is 0 Å². The summed E-state index contributed by atoms with van der Waals surface area (Å²) in [5.41, 5.74) is -0.226. The van der Waals surface area contributed by atoms with Gasteiger partial charge in [0.25, 0.3) is 0 Å². The average molecular weight is 506 g/mol. The highest BCUT2D eigenvalue weighted by Crippen LogP contribution is 2.58. The summed E-state index contributed by atoms with van der Waals surface area (Å²) in [5, 5.41) is 0.826. The van der Waals surface area contributed by atoms with E-state index in [1.54, 1.807) is 67.6 Å². The molecule has 2 amide bonds. The molecular formula is C27H17Cl2NO5. The van der Waals surface area contributed by atoms with E-state index in [0.717, 1.165) is 4.90 Å². The van der Waals surface area contributed by atoms with Crippen molar-refractivity contribution in [1.82, 2.24) is 0 Å². The van der Waals surface area contributed by atoms with Crippen molar-refractivity contribution in [2.45, 2.75) is 18.6 Å². The van der Waals surface area contributed by atoms with Gasteiger partial charge in [-0.05, 0) is 42.3 Å². The van der Waals surface area contributed by atoms with Crippen LogP contribution in [0.25, 0.3) is 0 Å². The van der Waals surface area contributed by atoms with Crippen LogP contribution < -0.4 is 4.90 Å². The van der Waals surface area contributed by atoms with Gasteiger partial charge in [0.2, 0.25) is 29.0 Å². The van der Waals surface area contributed by atoms with Crippen molar-refractivity contribution in [2.75, 3.05) is 4.90 Å². The summed E-state index contributed by atoms with van der Waals surface area (Å²) in [7, 11) is 0. The normalized spacial score (nSPS) is 24.4. The number of Topliss-reactive ketones (excluding diaryl/α,β-unsaturated/α-hetero) is 2. The van der Waals surface area contributed by atoms with Crippen LogP contribution in [0.3, 0.4) is 0 Å². The van der Waals surface area contributed by atoms with Crippen LogP contribution in [-0.2, 0) is 14.3 Å². The number of ketones is 2. The number of benzene rings is 3. The Balaban J connectivity index is 1.56. The van der Waals surface area contributed by atoms with Crippen LogP contribution in [0.5, 0.6) is 0 Å². The fourth-order valence-corrected chi connectivity index (χ4v) is 5.82. The Labute approximate surface area is 210 Å². The van der Waals surface area contributed by atoms with Gasteiger partial charge in [0.05, 0.1) is 23.6 Å². The third kappa shape index (κ3) is 2.88. The van der Waals surface area contributed by atoms with E-state index in [1.165, 1.54) is 6.07 Å². The van der Waals surface area contributed by atoms with Gasteiger partial charge in [-0.3, -0.25) is 19.2 Å². The second kappa shape index (κ2) is 7.59. The van der Waals surface area contributed by atoms with Gasteiger partial charge in [-0.15, -0.1) is 0 Å². The third-order valence-electron chi connectivity index (χ3n) is 7.13. The number of carbonyl (C=O) groups excluding carboxylic acids is 4. The molecule has 3 aromatic carbocycles. The number of halogens is 2. The molecule has 0 N–H and O–H groups in total. The van der Waals surface area contributed by atoms with Crippen molar-refractivity contribution in [3.05, 3.63) is 99.0 Å². The van der Waals surface area contributed by atoms with E-state index in [4.69, 9.17) is 27.9 Å². The molecule has 2 heterocycles. The molecule has 1 spiro atoms. The number of fused-ring (bicyclic) bond motifs is 3. The minimum Gasteiger partial charge on any atom is -0.349 e. The smallest absolute Gasteiger partial charge is 0.241 e. The van der Waals surface area contributed by atoms with Crippen LogP contribution in [0.4, 0.5) is 5.69 Å². The molecule has 2 fully saturated rings. The molecule has 2 saturated heterocycles. The summed E-state index contributed by atoms with van der Waals surface area (Å²) in [5.74, 6) is -4.80. The lowest BCUT2D eigenvalue weighted by molar-refractivity contribution is -0.127. The highest BCUT2D eigenvalue weighted by molar-refractivity contribution is 6.37. The van der Waals surface area contributed by atoms with E-state index < -0.39 is 46.9 Å². The summed E-state index contributed by atoms with van der Waals surface area (Å²) < 4.78 is 6.25. The lowest BCUT2D eigenvalue weighted by atomic mass is 9.77. The zero-order chi connectivity index (χ0) is 24.6. The fraction of sp³-hybridized carbons (Fsp3) is 0.185. The van der Waals surface area contributed by atoms with Gasteiger partial charge < -0.3 is 4.74 Å². The van der Waals surface area contributed by atoms with E-state index in [9.17, 15) is 19.2 Å². The molecule has 2 aliphatic heterocycles. The highest BCUT2D eigenvalue weighted by atomic mass is 35.5. The highest BCUT2D eigenvalue weighted by Gasteiger charge is 2.74. The first-order chi connectivity index (χ1) is 16.8. The lowest BCUT2D eigenvalue weighted by Crippen LogP contribution is -2.51. The zero-order valence-electron chi connectivity index (χ0n) is 18.3. The Bertz CT molecular complexity index is 1430. The molecule has 35 heavy (non-hydrogen) atoms. The van der Waals surface area contributed by atoms with Crippen LogP contribution in [0.2, 0.25) is 10.0 Å². The maximum atomic E-state index is 14.0. The summed E-state index contributed by atoms with van der Waals surface area (Å²) >= 11 is 12.2. The average Bonchev–Trinajstić information content (AvgIpc) is 3.41. The van der Waals surface area contributed by atoms with Crippen LogP contribution in [0, 0.1) is 18.8 Å². The Morgan fingerprint density at radius 3 is 2.03 bits per heavy atom. The molecule has 6 rings (SSSR count). The molecule has 3 aliphatic rings. The van der Waals surface area contributed by atoms with Crippen LogP contribution in [-0.4, -0.2) is 29.0 Å².